The Balaban J connectivity index is 1.94. The van der Waals surface area contributed by atoms with Crippen molar-refractivity contribution >= 4 is 40.5 Å². The Labute approximate surface area is 150 Å². The zero-order chi connectivity index (χ0) is 17.1. The van der Waals surface area contributed by atoms with Gasteiger partial charge in [0.15, 0.2) is 0 Å². The number of hydrogen-bond donors (Lipinski definition) is 3. The summed E-state index contributed by atoms with van der Waals surface area (Å²) in [5, 5.41) is 9.54. The van der Waals surface area contributed by atoms with Crippen molar-refractivity contribution in [3.63, 3.8) is 0 Å². The summed E-state index contributed by atoms with van der Waals surface area (Å²) in [4.78, 5) is 12.4. The fourth-order valence-corrected chi connectivity index (χ4v) is 3.23. The molecule has 0 radical (unpaired) electrons. The lowest BCUT2D eigenvalue weighted by atomic mass is 9.95. The molecule has 1 heterocycles. The van der Waals surface area contributed by atoms with Crippen LogP contribution in [-0.4, -0.2) is 11.0 Å². The third-order valence-corrected chi connectivity index (χ3v) is 4.29. The SMILES string of the molecule is CC1=C(C(=S)Nc2cccc(Cl)c2)C(c2ccccc2)NC(=O)N1. The summed E-state index contributed by atoms with van der Waals surface area (Å²) >= 11 is 11.6. The topological polar surface area (TPSA) is 53.2 Å². The first-order valence-electron chi connectivity index (χ1n) is 7.45. The van der Waals surface area contributed by atoms with Crippen LogP contribution in [0.1, 0.15) is 18.5 Å². The minimum absolute atomic E-state index is 0.240. The third-order valence-electron chi connectivity index (χ3n) is 3.73. The number of carbonyl (C=O) groups excluding carboxylic acids is 1. The Kier molecular flexibility index (Phi) is 4.83. The maximum Gasteiger partial charge on any atom is 0.319 e. The second kappa shape index (κ2) is 7.03. The lowest BCUT2D eigenvalue weighted by molar-refractivity contribution is 0.239. The van der Waals surface area contributed by atoms with Gasteiger partial charge in [0.25, 0.3) is 0 Å². The molecule has 0 saturated carbocycles. The zero-order valence-corrected chi connectivity index (χ0v) is 14.5. The average Bonchev–Trinajstić information content (AvgIpc) is 2.54. The molecular formula is C18H16ClN3OS. The normalized spacial score (nSPS) is 17.1. The van der Waals surface area contributed by atoms with Crippen LogP contribution in [0.15, 0.2) is 65.9 Å². The first kappa shape index (κ1) is 16.5. The van der Waals surface area contributed by atoms with E-state index in [0.717, 1.165) is 22.5 Å². The van der Waals surface area contributed by atoms with E-state index in [1.807, 2.05) is 49.4 Å². The van der Waals surface area contributed by atoms with Gasteiger partial charge in [-0.3, -0.25) is 0 Å². The van der Waals surface area contributed by atoms with Crippen molar-refractivity contribution in [3.8, 4) is 0 Å². The van der Waals surface area contributed by atoms with Crippen LogP contribution in [0.25, 0.3) is 0 Å². The minimum atomic E-state index is -0.306. The predicted octanol–water partition coefficient (Wildman–Crippen LogP) is 4.41. The van der Waals surface area contributed by atoms with E-state index >= 15 is 0 Å². The van der Waals surface area contributed by atoms with Crippen LogP contribution in [0.4, 0.5) is 10.5 Å². The zero-order valence-electron chi connectivity index (χ0n) is 13.0. The van der Waals surface area contributed by atoms with Crippen molar-refractivity contribution in [2.24, 2.45) is 0 Å². The van der Waals surface area contributed by atoms with Gasteiger partial charge < -0.3 is 16.0 Å². The Morgan fingerprint density at radius 1 is 1.17 bits per heavy atom. The van der Waals surface area contributed by atoms with E-state index in [-0.39, 0.29) is 12.1 Å². The van der Waals surface area contributed by atoms with Crippen LogP contribution >= 0.6 is 23.8 Å². The van der Waals surface area contributed by atoms with Crippen molar-refractivity contribution < 1.29 is 4.79 Å². The number of benzene rings is 2. The Morgan fingerprint density at radius 3 is 2.62 bits per heavy atom. The second-order valence-corrected chi connectivity index (χ2v) is 6.29. The second-order valence-electron chi connectivity index (χ2n) is 5.45. The van der Waals surface area contributed by atoms with Gasteiger partial charge >= 0.3 is 6.03 Å². The molecule has 1 aliphatic heterocycles. The molecule has 122 valence electrons. The lowest BCUT2D eigenvalue weighted by Gasteiger charge is -2.30. The number of nitrogens with one attached hydrogen (secondary N) is 3. The van der Waals surface area contributed by atoms with Gasteiger partial charge in [0, 0.05) is 22.0 Å². The van der Waals surface area contributed by atoms with E-state index in [9.17, 15) is 4.79 Å². The molecule has 4 nitrogen and oxygen atoms in total. The van der Waals surface area contributed by atoms with E-state index in [4.69, 9.17) is 23.8 Å². The van der Waals surface area contributed by atoms with Crippen LogP contribution < -0.4 is 16.0 Å². The van der Waals surface area contributed by atoms with Gasteiger partial charge in [-0.1, -0.05) is 60.2 Å². The van der Waals surface area contributed by atoms with Gasteiger partial charge in [0.1, 0.15) is 4.99 Å². The molecule has 2 amide bonds. The molecule has 0 bridgehead atoms. The number of thiocarbonyl (C=S) groups is 1. The molecule has 1 atom stereocenters. The van der Waals surface area contributed by atoms with Crippen molar-refractivity contribution in [2.75, 3.05) is 5.32 Å². The fraction of sp³-hybridized carbons (Fsp3) is 0.111. The monoisotopic (exact) mass is 357 g/mol. The third kappa shape index (κ3) is 3.58. The van der Waals surface area contributed by atoms with Crippen molar-refractivity contribution in [3.05, 3.63) is 76.5 Å². The van der Waals surface area contributed by atoms with Gasteiger partial charge in [0.2, 0.25) is 0 Å². The van der Waals surface area contributed by atoms with E-state index in [1.54, 1.807) is 12.1 Å². The number of amides is 2. The largest absolute Gasteiger partial charge is 0.346 e. The highest BCUT2D eigenvalue weighted by molar-refractivity contribution is 7.81. The maximum atomic E-state index is 11.9. The summed E-state index contributed by atoms with van der Waals surface area (Å²) in [6.45, 7) is 1.84. The van der Waals surface area contributed by atoms with Gasteiger partial charge in [-0.25, -0.2) is 4.79 Å². The summed E-state index contributed by atoms with van der Waals surface area (Å²) in [5.41, 5.74) is 3.33. The molecule has 0 aromatic heterocycles. The standard InChI is InChI=1S/C18H16ClN3OS/c1-11-15(17(24)21-14-9-5-8-13(19)10-14)16(22-18(23)20-11)12-6-3-2-4-7-12/h2-10,16H,1H3,(H,21,24)(H2,20,22,23). The van der Waals surface area contributed by atoms with Crippen LogP contribution in [-0.2, 0) is 0 Å². The van der Waals surface area contributed by atoms with Crippen LogP contribution in [0.3, 0.4) is 0 Å². The van der Waals surface area contributed by atoms with Gasteiger partial charge in [-0.2, -0.15) is 0 Å². The van der Waals surface area contributed by atoms with Crippen LogP contribution in [0, 0.1) is 0 Å². The van der Waals surface area contributed by atoms with Crippen molar-refractivity contribution in [1.82, 2.24) is 10.6 Å². The maximum absolute atomic E-state index is 11.9. The summed E-state index contributed by atoms with van der Waals surface area (Å²) in [6.07, 6.45) is 0. The molecule has 2 aromatic carbocycles. The number of hydrogen-bond acceptors (Lipinski definition) is 2. The predicted molar refractivity (Wildman–Crippen MR) is 101 cm³/mol. The van der Waals surface area contributed by atoms with E-state index in [2.05, 4.69) is 16.0 Å². The molecule has 24 heavy (non-hydrogen) atoms. The molecule has 1 aliphatic rings. The summed E-state index contributed by atoms with van der Waals surface area (Å²) in [6, 6.07) is 16.5. The number of anilines is 1. The molecule has 2 aromatic rings. The van der Waals surface area contributed by atoms with Crippen LogP contribution in [0.2, 0.25) is 5.02 Å². The summed E-state index contributed by atoms with van der Waals surface area (Å²) in [7, 11) is 0. The van der Waals surface area contributed by atoms with Crippen molar-refractivity contribution in [1.29, 1.82) is 0 Å². The molecule has 0 saturated heterocycles. The Morgan fingerprint density at radius 2 is 1.92 bits per heavy atom. The first-order valence-corrected chi connectivity index (χ1v) is 8.23. The highest BCUT2D eigenvalue weighted by Crippen LogP contribution is 2.28. The molecule has 1 unspecified atom stereocenters. The Hall–Kier alpha value is -2.37. The summed E-state index contributed by atoms with van der Waals surface area (Å²) in [5.74, 6) is 0. The van der Waals surface area contributed by atoms with E-state index in [0.29, 0.717) is 10.0 Å². The molecule has 3 rings (SSSR count). The van der Waals surface area contributed by atoms with Crippen molar-refractivity contribution in [2.45, 2.75) is 13.0 Å². The average molecular weight is 358 g/mol. The summed E-state index contributed by atoms with van der Waals surface area (Å²) < 4.78 is 0. The lowest BCUT2D eigenvalue weighted by Crippen LogP contribution is -2.45. The number of urea groups is 1. The van der Waals surface area contributed by atoms with Gasteiger partial charge in [-0.05, 0) is 30.7 Å². The molecule has 6 heteroatoms. The fourth-order valence-electron chi connectivity index (χ4n) is 2.66. The number of allylic oxidation sites excluding steroid dienone is 1. The highest BCUT2D eigenvalue weighted by Gasteiger charge is 2.29. The smallest absolute Gasteiger partial charge is 0.319 e. The molecule has 0 aliphatic carbocycles. The molecule has 0 fully saturated rings. The Bertz CT molecular complexity index is 820. The highest BCUT2D eigenvalue weighted by atomic mass is 35.5. The molecule has 0 spiro atoms. The molecular weight excluding hydrogens is 342 g/mol. The van der Waals surface area contributed by atoms with Gasteiger partial charge in [-0.15, -0.1) is 0 Å². The first-order chi connectivity index (χ1) is 11.5. The number of halogens is 1. The number of carbonyl (C=O) groups is 1. The molecule has 3 N–H and O–H groups in total. The van der Waals surface area contributed by atoms with E-state index < -0.39 is 0 Å². The van der Waals surface area contributed by atoms with E-state index in [1.165, 1.54) is 0 Å². The number of rotatable bonds is 3. The quantitative estimate of drug-likeness (QED) is 0.713. The minimum Gasteiger partial charge on any atom is -0.346 e. The van der Waals surface area contributed by atoms with Crippen LogP contribution in [0.5, 0.6) is 0 Å². The van der Waals surface area contributed by atoms with Gasteiger partial charge in [0.05, 0.1) is 6.04 Å².